The van der Waals surface area contributed by atoms with Gasteiger partial charge in [0, 0.05) is 29.4 Å². The fourth-order valence-corrected chi connectivity index (χ4v) is 2.59. The maximum Gasteiger partial charge on any atom is 0.199 e. The van der Waals surface area contributed by atoms with Gasteiger partial charge in [0.15, 0.2) is 9.84 Å². The van der Waals surface area contributed by atoms with Gasteiger partial charge in [-0.25, -0.2) is 8.42 Å². The van der Waals surface area contributed by atoms with Crippen LogP contribution in [-0.4, -0.2) is 21.5 Å². The lowest BCUT2D eigenvalue weighted by molar-refractivity contribution is 0.419. The average molecular weight is 258 g/mol. The van der Waals surface area contributed by atoms with Crippen LogP contribution in [-0.2, 0) is 9.84 Å². The highest BCUT2D eigenvalue weighted by Gasteiger charge is 2.15. The van der Waals surface area contributed by atoms with Gasteiger partial charge in [0.2, 0.25) is 0 Å². The van der Waals surface area contributed by atoms with E-state index in [0.29, 0.717) is 10.9 Å². The molecule has 0 spiro atoms. The SMILES string of the molecule is O=S(=O)(C=CC1CNC1)c1ccc(Cl)cc1. The van der Waals surface area contributed by atoms with Gasteiger partial charge in [-0.15, -0.1) is 0 Å². The zero-order valence-electron chi connectivity index (χ0n) is 8.56. The molecule has 1 aliphatic heterocycles. The number of rotatable bonds is 3. The highest BCUT2D eigenvalue weighted by atomic mass is 35.5. The first-order valence-electron chi connectivity index (χ1n) is 4.97. The summed E-state index contributed by atoms with van der Waals surface area (Å²) in [6, 6.07) is 6.18. The van der Waals surface area contributed by atoms with Crippen LogP contribution in [0.4, 0.5) is 0 Å². The van der Waals surface area contributed by atoms with Crippen LogP contribution in [0.1, 0.15) is 0 Å². The smallest absolute Gasteiger partial charge is 0.199 e. The van der Waals surface area contributed by atoms with Gasteiger partial charge in [0.05, 0.1) is 4.90 Å². The van der Waals surface area contributed by atoms with Crippen LogP contribution in [0.15, 0.2) is 40.6 Å². The molecule has 0 radical (unpaired) electrons. The first-order valence-corrected chi connectivity index (χ1v) is 6.90. The lowest BCUT2D eigenvalue weighted by atomic mass is 10.1. The summed E-state index contributed by atoms with van der Waals surface area (Å²) in [7, 11) is -3.32. The first-order chi connectivity index (χ1) is 7.58. The average Bonchev–Trinajstić information content (AvgIpc) is 2.15. The summed E-state index contributed by atoms with van der Waals surface area (Å²) in [5.41, 5.74) is 0. The van der Waals surface area contributed by atoms with E-state index in [1.807, 2.05) is 0 Å². The molecule has 0 saturated carbocycles. The number of benzene rings is 1. The fourth-order valence-electron chi connectivity index (χ4n) is 1.36. The molecule has 1 saturated heterocycles. The van der Waals surface area contributed by atoms with E-state index in [1.165, 1.54) is 17.5 Å². The van der Waals surface area contributed by atoms with Crippen molar-refractivity contribution in [2.24, 2.45) is 5.92 Å². The van der Waals surface area contributed by atoms with Crippen molar-refractivity contribution in [1.82, 2.24) is 5.32 Å². The molecular formula is C11H12ClNO2S. The molecule has 86 valence electrons. The fraction of sp³-hybridized carbons (Fsp3) is 0.273. The number of halogens is 1. The maximum absolute atomic E-state index is 11.8. The maximum atomic E-state index is 11.8. The van der Waals surface area contributed by atoms with Gasteiger partial charge in [0.1, 0.15) is 0 Å². The minimum Gasteiger partial charge on any atom is -0.315 e. The van der Waals surface area contributed by atoms with Crippen LogP contribution in [0.25, 0.3) is 0 Å². The van der Waals surface area contributed by atoms with E-state index in [9.17, 15) is 8.42 Å². The van der Waals surface area contributed by atoms with Gasteiger partial charge >= 0.3 is 0 Å². The Morgan fingerprint density at radius 2 is 1.88 bits per heavy atom. The van der Waals surface area contributed by atoms with Crippen molar-refractivity contribution in [2.45, 2.75) is 4.90 Å². The van der Waals surface area contributed by atoms with E-state index >= 15 is 0 Å². The molecule has 2 rings (SSSR count). The van der Waals surface area contributed by atoms with Gasteiger partial charge < -0.3 is 5.32 Å². The molecule has 1 aromatic rings. The van der Waals surface area contributed by atoms with Crippen LogP contribution in [0.2, 0.25) is 5.02 Å². The van der Waals surface area contributed by atoms with Crippen LogP contribution in [0.5, 0.6) is 0 Å². The molecule has 0 bridgehead atoms. The van der Waals surface area contributed by atoms with E-state index in [4.69, 9.17) is 11.6 Å². The molecule has 0 amide bonds. The lowest BCUT2D eigenvalue weighted by Gasteiger charge is -2.23. The first kappa shape index (κ1) is 11.6. The molecule has 1 heterocycles. The van der Waals surface area contributed by atoms with Crippen molar-refractivity contribution in [3.63, 3.8) is 0 Å². The topological polar surface area (TPSA) is 46.2 Å². The predicted octanol–water partition coefficient (Wildman–Crippen LogP) is 1.85. The van der Waals surface area contributed by atoms with Crippen molar-refractivity contribution >= 4 is 21.4 Å². The van der Waals surface area contributed by atoms with Gasteiger partial charge in [-0.2, -0.15) is 0 Å². The second-order valence-electron chi connectivity index (χ2n) is 3.75. The summed E-state index contributed by atoms with van der Waals surface area (Å²) in [5, 5.41) is 4.89. The van der Waals surface area contributed by atoms with Gasteiger partial charge in [-0.05, 0) is 24.3 Å². The van der Waals surface area contributed by atoms with Crippen molar-refractivity contribution < 1.29 is 8.42 Å². The second kappa shape index (κ2) is 4.57. The van der Waals surface area contributed by atoms with Crippen molar-refractivity contribution in [1.29, 1.82) is 0 Å². The standard InChI is InChI=1S/C11H12ClNO2S/c12-10-1-3-11(4-2-10)16(14,15)6-5-9-7-13-8-9/h1-6,9,13H,7-8H2. The molecular weight excluding hydrogens is 246 g/mol. The van der Waals surface area contributed by atoms with Gasteiger partial charge in [-0.3, -0.25) is 0 Å². The summed E-state index contributed by atoms with van der Waals surface area (Å²) in [5.74, 6) is 0.335. The Balaban J connectivity index is 2.17. The Labute approximate surface area is 100 Å². The van der Waals surface area contributed by atoms with Crippen molar-refractivity contribution in [2.75, 3.05) is 13.1 Å². The normalized spacial score (nSPS) is 17.6. The van der Waals surface area contributed by atoms with Crippen LogP contribution in [0, 0.1) is 5.92 Å². The summed E-state index contributed by atoms with van der Waals surface area (Å²) < 4.78 is 23.7. The van der Waals surface area contributed by atoms with Gasteiger partial charge in [0.25, 0.3) is 0 Å². The molecule has 1 fully saturated rings. The molecule has 0 atom stereocenters. The number of nitrogens with one attached hydrogen (secondary N) is 1. The van der Waals surface area contributed by atoms with E-state index in [2.05, 4.69) is 5.32 Å². The summed E-state index contributed by atoms with van der Waals surface area (Å²) in [6.07, 6.45) is 1.74. The predicted molar refractivity (Wildman–Crippen MR) is 64.1 cm³/mol. The Hall–Kier alpha value is -0.840. The Bertz CT molecular complexity index is 489. The quantitative estimate of drug-likeness (QED) is 0.899. The molecule has 1 aromatic carbocycles. The number of hydrogen-bond donors (Lipinski definition) is 1. The monoisotopic (exact) mass is 257 g/mol. The molecule has 5 heteroatoms. The molecule has 1 N–H and O–H groups in total. The highest BCUT2D eigenvalue weighted by molar-refractivity contribution is 7.94. The van der Waals surface area contributed by atoms with E-state index < -0.39 is 9.84 Å². The van der Waals surface area contributed by atoms with Crippen LogP contribution < -0.4 is 5.32 Å². The Morgan fingerprint density at radius 3 is 2.38 bits per heavy atom. The third kappa shape index (κ3) is 2.64. The van der Waals surface area contributed by atoms with E-state index in [1.54, 1.807) is 18.2 Å². The largest absolute Gasteiger partial charge is 0.315 e. The molecule has 16 heavy (non-hydrogen) atoms. The minimum absolute atomic E-state index is 0.278. The molecule has 0 aliphatic carbocycles. The van der Waals surface area contributed by atoms with E-state index in [0.717, 1.165) is 13.1 Å². The van der Waals surface area contributed by atoms with Crippen molar-refractivity contribution in [3.05, 3.63) is 40.8 Å². The molecule has 3 nitrogen and oxygen atoms in total. The van der Waals surface area contributed by atoms with Crippen LogP contribution >= 0.6 is 11.6 Å². The number of sulfone groups is 1. The molecule has 0 aromatic heterocycles. The van der Waals surface area contributed by atoms with Crippen molar-refractivity contribution in [3.8, 4) is 0 Å². The summed E-state index contributed by atoms with van der Waals surface area (Å²) in [6.45, 7) is 1.71. The lowest BCUT2D eigenvalue weighted by Crippen LogP contribution is -2.40. The Kier molecular flexibility index (Phi) is 3.33. The molecule has 1 aliphatic rings. The minimum atomic E-state index is -3.32. The van der Waals surface area contributed by atoms with Gasteiger partial charge in [-0.1, -0.05) is 17.7 Å². The zero-order valence-corrected chi connectivity index (χ0v) is 10.1. The van der Waals surface area contributed by atoms with Crippen LogP contribution in [0.3, 0.4) is 0 Å². The van der Waals surface area contributed by atoms with E-state index in [-0.39, 0.29) is 4.90 Å². The third-order valence-electron chi connectivity index (χ3n) is 2.49. The highest BCUT2D eigenvalue weighted by Crippen LogP contribution is 2.17. The molecule has 0 unspecified atom stereocenters. The number of hydrogen-bond acceptors (Lipinski definition) is 3. The Morgan fingerprint density at radius 1 is 1.25 bits per heavy atom. The second-order valence-corrected chi connectivity index (χ2v) is 6.02. The zero-order chi connectivity index (χ0) is 11.6. The summed E-state index contributed by atoms with van der Waals surface area (Å²) >= 11 is 5.70. The summed E-state index contributed by atoms with van der Waals surface area (Å²) in [4.78, 5) is 0.278. The third-order valence-corrected chi connectivity index (χ3v) is 4.18.